The molecule has 1 fully saturated rings. The fourth-order valence-electron chi connectivity index (χ4n) is 2.59. The average molecular weight is 454 g/mol. The van der Waals surface area contributed by atoms with Crippen molar-refractivity contribution in [2.45, 2.75) is 26.8 Å². The summed E-state index contributed by atoms with van der Waals surface area (Å²) in [5.74, 6) is -2.50. The molecule has 2 aromatic rings. The van der Waals surface area contributed by atoms with E-state index in [1.807, 2.05) is 0 Å². The second-order valence-electron chi connectivity index (χ2n) is 6.54. The van der Waals surface area contributed by atoms with Crippen molar-refractivity contribution in [2.75, 3.05) is 11.9 Å². The third-order valence-electron chi connectivity index (χ3n) is 4.10. The fraction of sp³-hybridized carbons (Fsp3) is 0.278. The molecule has 0 saturated carbocycles. The van der Waals surface area contributed by atoms with Crippen LogP contribution in [0.3, 0.4) is 0 Å². The molecule has 10 nitrogen and oxygen atoms in total. The summed E-state index contributed by atoms with van der Waals surface area (Å²) in [6.07, 6.45) is 0. The molecule has 0 bridgehead atoms. The van der Waals surface area contributed by atoms with Crippen LogP contribution in [0, 0.1) is 6.92 Å². The Bertz CT molecular complexity index is 1130. The van der Waals surface area contributed by atoms with E-state index in [4.69, 9.17) is 32.0 Å². The van der Waals surface area contributed by atoms with Crippen molar-refractivity contribution in [2.24, 2.45) is 9.98 Å². The van der Waals surface area contributed by atoms with Gasteiger partial charge in [0.05, 0.1) is 10.0 Å². The predicted octanol–water partition coefficient (Wildman–Crippen LogP) is 2.69. The number of carbonyl (C=O) groups excluding carboxylic acids is 2. The minimum Gasteiger partial charge on any atom is -0.394 e. The zero-order valence-electron chi connectivity index (χ0n) is 16.4. The summed E-state index contributed by atoms with van der Waals surface area (Å²) in [6.45, 7) is 4.95. The number of aliphatic imine (C=N–C) groups is 2. The topological polar surface area (TPSA) is 121 Å². The third-order valence-corrected chi connectivity index (χ3v) is 4.84. The van der Waals surface area contributed by atoms with E-state index in [0.717, 1.165) is 0 Å². The van der Waals surface area contributed by atoms with Gasteiger partial charge in [-0.05, 0) is 39.0 Å². The maximum absolute atomic E-state index is 12.1. The summed E-state index contributed by atoms with van der Waals surface area (Å²) in [7, 11) is 1.62. The summed E-state index contributed by atoms with van der Waals surface area (Å²) in [5.41, 5.74) is 0.544. The number of amides is 2. The summed E-state index contributed by atoms with van der Waals surface area (Å²) in [6, 6.07) is 4.49. The zero-order chi connectivity index (χ0) is 22.2. The zero-order valence-corrected chi connectivity index (χ0v) is 17.9. The Kier molecular flexibility index (Phi) is 5.99. The molecule has 3 rings (SSSR count). The van der Waals surface area contributed by atoms with E-state index in [1.165, 1.54) is 16.7 Å². The van der Waals surface area contributed by atoms with Crippen LogP contribution < -0.4 is 16.0 Å². The quantitative estimate of drug-likeness (QED) is 0.433. The highest BCUT2D eigenvalue weighted by molar-refractivity contribution is 6.46. The third kappa shape index (κ3) is 4.24. The van der Waals surface area contributed by atoms with Crippen LogP contribution in [-0.4, -0.2) is 41.7 Å². The maximum atomic E-state index is 12.1. The van der Waals surface area contributed by atoms with Crippen molar-refractivity contribution in [1.29, 1.82) is 0 Å². The van der Waals surface area contributed by atoms with Crippen LogP contribution in [0.2, 0.25) is 10.0 Å². The van der Waals surface area contributed by atoms with Crippen LogP contribution in [0.25, 0.3) is 0 Å². The van der Waals surface area contributed by atoms with Crippen molar-refractivity contribution >= 4 is 58.5 Å². The highest BCUT2D eigenvalue weighted by atomic mass is 35.5. The van der Waals surface area contributed by atoms with Gasteiger partial charge in [0, 0.05) is 18.8 Å². The van der Waals surface area contributed by atoms with Crippen molar-refractivity contribution in [3.8, 4) is 0 Å². The molecule has 1 N–H and O–H groups in total. The molecular weight excluding hydrogens is 437 g/mol. The number of nitrogens with zero attached hydrogens (tertiary/aromatic N) is 4. The van der Waals surface area contributed by atoms with E-state index in [2.05, 4.69) is 15.3 Å². The van der Waals surface area contributed by atoms with Crippen molar-refractivity contribution < 1.29 is 18.4 Å². The van der Waals surface area contributed by atoms with Gasteiger partial charge >= 0.3 is 17.6 Å². The van der Waals surface area contributed by atoms with Crippen LogP contribution in [0.1, 0.15) is 19.6 Å². The Morgan fingerprint density at radius 2 is 1.87 bits per heavy atom. The Morgan fingerprint density at radius 3 is 2.43 bits per heavy atom. The van der Waals surface area contributed by atoms with Crippen LogP contribution in [0.5, 0.6) is 0 Å². The smallest absolute Gasteiger partial charge is 0.394 e. The van der Waals surface area contributed by atoms with Gasteiger partial charge in [0.2, 0.25) is 11.9 Å². The van der Waals surface area contributed by atoms with Gasteiger partial charge in [0.25, 0.3) is 5.88 Å². The Hall–Kier alpha value is -3.11. The second-order valence-corrected chi connectivity index (χ2v) is 7.36. The molecule has 1 aromatic heterocycles. The minimum absolute atomic E-state index is 0.0170. The highest BCUT2D eigenvalue weighted by Gasteiger charge is 2.37. The molecule has 12 heteroatoms. The number of guanidine groups is 2. The molecule has 1 saturated heterocycles. The van der Waals surface area contributed by atoms with E-state index in [9.17, 15) is 14.4 Å². The molecule has 0 atom stereocenters. The lowest BCUT2D eigenvalue weighted by Crippen LogP contribution is -2.40. The number of carbonyl (C=O) groups is 2. The largest absolute Gasteiger partial charge is 0.520 e. The van der Waals surface area contributed by atoms with E-state index in [-0.39, 0.29) is 29.6 Å². The first-order valence-corrected chi connectivity index (χ1v) is 9.45. The molecule has 2 amide bonds. The number of aryl methyl sites for hydroxylation is 1. The van der Waals surface area contributed by atoms with Gasteiger partial charge in [-0.25, -0.2) is 4.79 Å². The van der Waals surface area contributed by atoms with Gasteiger partial charge in [0.15, 0.2) is 5.76 Å². The summed E-state index contributed by atoms with van der Waals surface area (Å²) < 4.78 is 9.76. The molecule has 1 aromatic carbocycles. The maximum Gasteiger partial charge on any atom is 0.520 e. The fourth-order valence-corrected chi connectivity index (χ4v) is 2.89. The number of nitrogens with one attached hydrogen (secondary N) is 1. The molecule has 1 aliphatic rings. The Morgan fingerprint density at radius 1 is 1.17 bits per heavy atom. The Labute approximate surface area is 180 Å². The molecule has 0 unspecified atom stereocenters. The normalized spacial score (nSPS) is 16.0. The van der Waals surface area contributed by atoms with E-state index in [0.29, 0.717) is 15.7 Å². The van der Waals surface area contributed by atoms with Crippen molar-refractivity contribution in [1.82, 2.24) is 10.2 Å². The lowest BCUT2D eigenvalue weighted by molar-refractivity contribution is -0.140. The van der Waals surface area contributed by atoms with Gasteiger partial charge < -0.3 is 13.7 Å². The molecule has 0 radical (unpaired) electrons. The molecule has 158 valence electrons. The number of benzene rings is 1. The van der Waals surface area contributed by atoms with Crippen molar-refractivity contribution in [3.05, 3.63) is 44.6 Å². The van der Waals surface area contributed by atoms with Crippen LogP contribution in [-0.2, 0) is 9.59 Å². The average Bonchev–Trinajstić information content (AvgIpc) is 3.13. The van der Waals surface area contributed by atoms with Crippen LogP contribution in [0.4, 0.5) is 11.6 Å². The van der Waals surface area contributed by atoms with Gasteiger partial charge in [0.1, 0.15) is 0 Å². The standard InChI is InChI=1S/C18H17Cl2N5O5/c1-8(2)25-15(27)13(26)21-17(25)23-16(22-14-9(3)29-18(28)30-14)24(4)10-5-6-11(19)12(20)7-10/h5-8H,1-4H3,(H,21,22,23,26). The number of rotatable bonds is 3. The molecule has 1 aliphatic heterocycles. The lowest BCUT2D eigenvalue weighted by atomic mass is 10.3. The van der Waals surface area contributed by atoms with Gasteiger partial charge in [-0.2, -0.15) is 9.98 Å². The molecular formula is C18H17Cl2N5O5. The van der Waals surface area contributed by atoms with Gasteiger partial charge in [-0.15, -0.1) is 0 Å². The molecule has 30 heavy (non-hydrogen) atoms. The SMILES string of the molecule is Cc1oc(=O)oc1N=C(N=C1NC(=O)C(=O)N1C(C)C)N(C)c1ccc(Cl)c(Cl)c1. The van der Waals surface area contributed by atoms with E-state index in [1.54, 1.807) is 39.1 Å². The van der Waals surface area contributed by atoms with Crippen molar-refractivity contribution in [3.63, 3.8) is 0 Å². The monoisotopic (exact) mass is 453 g/mol. The van der Waals surface area contributed by atoms with E-state index >= 15 is 0 Å². The first-order valence-electron chi connectivity index (χ1n) is 8.69. The van der Waals surface area contributed by atoms with Gasteiger partial charge in [-0.1, -0.05) is 23.2 Å². The number of hydrogen-bond acceptors (Lipinski definition) is 6. The molecule has 0 aliphatic carbocycles. The highest BCUT2D eigenvalue weighted by Crippen LogP contribution is 2.28. The number of halogens is 2. The number of anilines is 1. The van der Waals surface area contributed by atoms with Gasteiger partial charge in [-0.3, -0.25) is 19.8 Å². The molecule has 2 heterocycles. The summed E-state index contributed by atoms with van der Waals surface area (Å²) >= 11 is 12.1. The van der Waals surface area contributed by atoms with E-state index < -0.39 is 17.6 Å². The summed E-state index contributed by atoms with van der Waals surface area (Å²) in [4.78, 5) is 46.7. The minimum atomic E-state index is -0.927. The summed E-state index contributed by atoms with van der Waals surface area (Å²) in [5, 5.41) is 3.07. The first kappa shape index (κ1) is 21.6. The predicted molar refractivity (Wildman–Crippen MR) is 112 cm³/mol. The second kappa shape index (κ2) is 8.33. The first-order chi connectivity index (χ1) is 14.1. The van der Waals surface area contributed by atoms with Crippen LogP contribution >= 0.6 is 23.2 Å². The lowest BCUT2D eigenvalue weighted by Gasteiger charge is -2.22. The van der Waals surface area contributed by atoms with Crippen LogP contribution in [0.15, 0.2) is 41.8 Å². The Balaban J connectivity index is 2.13. The molecule has 0 spiro atoms. The number of hydrogen-bond donors (Lipinski definition) is 1.